The Labute approximate surface area is 105 Å². The summed E-state index contributed by atoms with van der Waals surface area (Å²) in [6.07, 6.45) is 0. The third kappa shape index (κ3) is 4.15. The van der Waals surface area contributed by atoms with Gasteiger partial charge < -0.3 is 9.73 Å². The van der Waals surface area contributed by atoms with Crippen molar-refractivity contribution in [1.29, 1.82) is 0 Å². The van der Waals surface area contributed by atoms with Crippen molar-refractivity contribution >= 4 is 0 Å². The summed E-state index contributed by atoms with van der Waals surface area (Å²) in [5, 5.41) is 3.45. The highest BCUT2D eigenvalue weighted by atomic mass is 16.4. The van der Waals surface area contributed by atoms with Crippen molar-refractivity contribution in [3.8, 4) is 0 Å². The molecular formula is C14H26N2O. The summed E-state index contributed by atoms with van der Waals surface area (Å²) in [6, 6.07) is 0. The molecule has 3 heteroatoms. The van der Waals surface area contributed by atoms with Crippen molar-refractivity contribution in [2.45, 2.75) is 48.1 Å². The van der Waals surface area contributed by atoms with Crippen LogP contribution in [0.4, 0.5) is 0 Å². The van der Waals surface area contributed by atoms with Crippen LogP contribution < -0.4 is 5.32 Å². The Morgan fingerprint density at radius 1 is 1.12 bits per heavy atom. The van der Waals surface area contributed by atoms with E-state index >= 15 is 0 Å². The highest BCUT2D eigenvalue weighted by Gasteiger charge is 2.17. The van der Waals surface area contributed by atoms with E-state index in [1.807, 2.05) is 13.8 Å². The molecule has 0 aliphatic heterocycles. The van der Waals surface area contributed by atoms with E-state index in [2.05, 4.69) is 38.0 Å². The monoisotopic (exact) mass is 238 g/mol. The van der Waals surface area contributed by atoms with Gasteiger partial charge in [-0.1, -0.05) is 27.7 Å². The molecule has 17 heavy (non-hydrogen) atoms. The summed E-state index contributed by atoms with van der Waals surface area (Å²) in [6.45, 7) is 14.8. The van der Waals surface area contributed by atoms with E-state index in [9.17, 15) is 0 Å². The number of nitrogens with one attached hydrogen (secondary N) is 1. The van der Waals surface area contributed by atoms with Crippen molar-refractivity contribution in [3.63, 3.8) is 0 Å². The number of nitrogens with zero attached hydrogens (tertiary/aromatic N) is 1. The maximum absolute atomic E-state index is 5.54. The van der Waals surface area contributed by atoms with Gasteiger partial charge in [-0.2, -0.15) is 0 Å². The minimum absolute atomic E-state index is 0.701. The molecule has 1 heterocycles. The highest BCUT2D eigenvalue weighted by molar-refractivity contribution is 5.05. The maximum atomic E-state index is 5.54. The number of rotatable bonds is 6. The van der Waals surface area contributed by atoms with Gasteiger partial charge in [0, 0.05) is 0 Å². The third-order valence-corrected chi connectivity index (χ3v) is 3.44. The van der Waals surface area contributed by atoms with Crippen LogP contribution in [0.15, 0.2) is 4.42 Å². The van der Waals surface area contributed by atoms with Crippen LogP contribution in [0.3, 0.4) is 0 Å². The van der Waals surface area contributed by atoms with E-state index in [4.69, 9.17) is 4.42 Å². The van der Waals surface area contributed by atoms with Crippen LogP contribution in [0.5, 0.6) is 0 Å². The molecule has 1 aromatic rings. The van der Waals surface area contributed by atoms with Gasteiger partial charge in [0.05, 0.1) is 12.2 Å². The Morgan fingerprint density at radius 3 is 2.12 bits per heavy atom. The molecule has 0 spiro atoms. The Kier molecular flexibility index (Phi) is 5.19. The molecule has 0 aliphatic rings. The first-order valence-corrected chi connectivity index (χ1v) is 6.55. The van der Waals surface area contributed by atoms with Gasteiger partial charge in [0.25, 0.3) is 0 Å². The minimum Gasteiger partial charge on any atom is -0.444 e. The average molecular weight is 238 g/mol. The molecule has 3 nitrogen and oxygen atoms in total. The third-order valence-electron chi connectivity index (χ3n) is 3.44. The normalized spacial score (nSPS) is 12.1. The number of aryl methyl sites for hydroxylation is 2. The second-order valence-electron chi connectivity index (χ2n) is 5.53. The summed E-state index contributed by atoms with van der Waals surface area (Å²) >= 11 is 0. The molecule has 0 amide bonds. The first-order chi connectivity index (χ1) is 7.91. The molecule has 0 saturated heterocycles. The summed E-state index contributed by atoms with van der Waals surface area (Å²) in [4.78, 5) is 4.37. The lowest BCUT2D eigenvalue weighted by Crippen LogP contribution is -2.29. The smallest absolute Gasteiger partial charge is 0.208 e. The van der Waals surface area contributed by atoms with Crippen LogP contribution in [0.2, 0.25) is 0 Å². The van der Waals surface area contributed by atoms with Crippen molar-refractivity contribution in [3.05, 3.63) is 17.3 Å². The molecule has 0 unspecified atom stereocenters. The molecule has 0 aliphatic carbocycles. The zero-order chi connectivity index (χ0) is 13.0. The second kappa shape index (κ2) is 6.20. The topological polar surface area (TPSA) is 38.1 Å². The van der Waals surface area contributed by atoms with E-state index in [-0.39, 0.29) is 0 Å². The Hall–Kier alpha value is -0.830. The zero-order valence-corrected chi connectivity index (χ0v) is 12.0. The molecule has 1 aromatic heterocycles. The fraction of sp³-hybridized carbons (Fsp3) is 0.786. The predicted molar refractivity (Wildman–Crippen MR) is 70.8 cm³/mol. The fourth-order valence-corrected chi connectivity index (χ4v) is 2.20. The molecule has 1 N–H and O–H groups in total. The molecule has 0 radical (unpaired) electrons. The Balaban J connectivity index is 2.41. The lowest BCUT2D eigenvalue weighted by atomic mass is 9.85. The summed E-state index contributed by atoms with van der Waals surface area (Å²) in [7, 11) is 0. The van der Waals surface area contributed by atoms with Gasteiger partial charge in [-0.25, -0.2) is 4.98 Å². The fourth-order valence-electron chi connectivity index (χ4n) is 2.20. The van der Waals surface area contributed by atoms with Gasteiger partial charge >= 0.3 is 0 Å². The molecule has 0 bridgehead atoms. The van der Waals surface area contributed by atoms with Gasteiger partial charge in [0.15, 0.2) is 0 Å². The van der Waals surface area contributed by atoms with Gasteiger partial charge in [0.2, 0.25) is 5.89 Å². The van der Waals surface area contributed by atoms with Crippen LogP contribution in [0.1, 0.15) is 45.0 Å². The molecule has 0 atom stereocenters. The van der Waals surface area contributed by atoms with Gasteiger partial charge in [-0.15, -0.1) is 0 Å². The summed E-state index contributed by atoms with van der Waals surface area (Å²) in [5.41, 5.74) is 0.992. The maximum Gasteiger partial charge on any atom is 0.208 e. The van der Waals surface area contributed by atoms with Crippen LogP contribution >= 0.6 is 0 Å². The molecule has 0 saturated carbocycles. The lowest BCUT2D eigenvalue weighted by Gasteiger charge is -2.24. The van der Waals surface area contributed by atoms with Crippen molar-refractivity contribution in [2.75, 3.05) is 6.54 Å². The average Bonchev–Trinajstić information content (AvgIpc) is 2.52. The molecule has 98 valence electrons. The largest absolute Gasteiger partial charge is 0.444 e. The lowest BCUT2D eigenvalue weighted by molar-refractivity contribution is 0.271. The van der Waals surface area contributed by atoms with Crippen LogP contribution in [-0.4, -0.2) is 11.5 Å². The van der Waals surface area contributed by atoms with E-state index in [0.717, 1.165) is 30.4 Å². The molecule has 1 rings (SSSR count). The molecular weight excluding hydrogens is 212 g/mol. The number of hydrogen-bond acceptors (Lipinski definition) is 3. The van der Waals surface area contributed by atoms with Crippen molar-refractivity contribution in [1.82, 2.24) is 10.3 Å². The summed E-state index contributed by atoms with van der Waals surface area (Å²) in [5.74, 6) is 3.83. The zero-order valence-electron chi connectivity index (χ0n) is 12.0. The second-order valence-corrected chi connectivity index (χ2v) is 5.53. The van der Waals surface area contributed by atoms with E-state index < -0.39 is 0 Å². The number of hydrogen-bond donors (Lipinski definition) is 1. The minimum atomic E-state index is 0.701. The highest BCUT2D eigenvalue weighted by Crippen LogP contribution is 2.19. The van der Waals surface area contributed by atoms with Gasteiger partial charge in [-0.3, -0.25) is 0 Å². The Morgan fingerprint density at radius 2 is 1.71 bits per heavy atom. The van der Waals surface area contributed by atoms with E-state index in [1.165, 1.54) is 0 Å². The Bertz CT molecular complexity index is 314. The van der Waals surface area contributed by atoms with Crippen molar-refractivity contribution in [2.24, 2.45) is 17.8 Å². The first kappa shape index (κ1) is 14.2. The number of aromatic nitrogens is 1. The first-order valence-electron chi connectivity index (χ1n) is 6.55. The number of oxazole rings is 1. The molecule has 0 fully saturated rings. The van der Waals surface area contributed by atoms with Gasteiger partial charge in [0.1, 0.15) is 5.76 Å². The van der Waals surface area contributed by atoms with Crippen molar-refractivity contribution < 1.29 is 4.42 Å². The molecule has 0 aromatic carbocycles. The van der Waals surface area contributed by atoms with E-state index in [1.54, 1.807) is 0 Å². The van der Waals surface area contributed by atoms with Crippen LogP contribution in [0.25, 0.3) is 0 Å². The summed E-state index contributed by atoms with van der Waals surface area (Å²) < 4.78 is 5.54. The quantitative estimate of drug-likeness (QED) is 0.826. The van der Waals surface area contributed by atoms with Crippen LogP contribution in [0, 0.1) is 31.6 Å². The van der Waals surface area contributed by atoms with E-state index in [0.29, 0.717) is 17.8 Å². The van der Waals surface area contributed by atoms with Crippen LogP contribution in [-0.2, 0) is 6.54 Å². The SMILES string of the molecule is Cc1nc(CNCC(C(C)C)C(C)C)oc1C. The predicted octanol–water partition coefficient (Wildman–Crippen LogP) is 3.31. The standard InChI is InChI=1S/C14H26N2O/c1-9(2)13(10(3)4)7-15-8-14-16-11(5)12(6)17-14/h9-10,13,15H,7-8H2,1-6H3. The van der Waals surface area contributed by atoms with Gasteiger partial charge in [-0.05, 0) is 38.1 Å².